The highest BCUT2D eigenvalue weighted by Crippen LogP contribution is 2.41. The molecule has 1 unspecified atom stereocenters. The Kier molecular flexibility index (Phi) is 7.38. The second-order valence-electron chi connectivity index (χ2n) is 8.63. The van der Waals surface area contributed by atoms with Gasteiger partial charge < -0.3 is 19.9 Å². The number of carbonyl (C=O) groups excluding carboxylic acids is 1. The summed E-state index contributed by atoms with van der Waals surface area (Å²) in [4.78, 5) is 19.2. The summed E-state index contributed by atoms with van der Waals surface area (Å²) in [6, 6.07) is 6.41. The van der Waals surface area contributed by atoms with Crippen LogP contribution in [0.1, 0.15) is 44.1 Å². The normalized spacial score (nSPS) is 24.1. The van der Waals surface area contributed by atoms with Crippen LogP contribution in [-0.2, 0) is 11.2 Å². The second kappa shape index (κ2) is 10.2. The van der Waals surface area contributed by atoms with E-state index in [0.717, 1.165) is 38.1 Å². The average Bonchev–Trinajstić information content (AvgIpc) is 3.02. The minimum absolute atomic E-state index is 0.0256. The van der Waals surface area contributed by atoms with Crippen LogP contribution in [0.3, 0.4) is 0 Å². The van der Waals surface area contributed by atoms with E-state index in [1.807, 2.05) is 12.1 Å². The Morgan fingerprint density at radius 3 is 2.45 bits per heavy atom. The van der Waals surface area contributed by atoms with Crippen molar-refractivity contribution in [3.8, 4) is 5.75 Å². The first-order valence-corrected chi connectivity index (χ1v) is 12.2. The van der Waals surface area contributed by atoms with Gasteiger partial charge in [-0.15, -0.1) is 11.8 Å². The van der Waals surface area contributed by atoms with E-state index in [-0.39, 0.29) is 11.2 Å². The lowest BCUT2D eigenvalue weighted by molar-refractivity contribution is -0.121. The molecular formula is C23H35N3O2S. The summed E-state index contributed by atoms with van der Waals surface area (Å²) in [5, 5.41) is 3.30. The molecule has 1 aromatic rings. The highest BCUT2D eigenvalue weighted by molar-refractivity contribution is 8.01. The molecule has 1 aromatic carbocycles. The lowest BCUT2D eigenvalue weighted by atomic mass is 10.0. The number of amides is 1. The number of nitrogens with zero attached hydrogens (tertiary/aromatic N) is 2. The average molecular weight is 418 g/mol. The third kappa shape index (κ3) is 5.47. The molecule has 1 N–H and O–H groups in total. The minimum atomic E-state index is -0.0256. The number of likely N-dealkylation sites (tertiary alicyclic amines) is 2. The number of methoxy groups -OCH3 is 1. The summed E-state index contributed by atoms with van der Waals surface area (Å²) in [6.45, 7) is 7.14. The number of benzene rings is 1. The van der Waals surface area contributed by atoms with Gasteiger partial charge >= 0.3 is 0 Å². The maximum absolute atomic E-state index is 12.8. The van der Waals surface area contributed by atoms with E-state index in [1.54, 1.807) is 18.9 Å². The number of fused-ring (bicyclic) bond motifs is 1. The quantitative estimate of drug-likeness (QED) is 0.770. The number of hydrogen-bond acceptors (Lipinski definition) is 5. The van der Waals surface area contributed by atoms with Gasteiger partial charge in [-0.05, 0) is 57.3 Å². The van der Waals surface area contributed by atoms with Crippen molar-refractivity contribution in [2.75, 3.05) is 46.4 Å². The van der Waals surface area contributed by atoms with Crippen LogP contribution in [0.2, 0.25) is 0 Å². The van der Waals surface area contributed by atoms with Crippen LogP contribution in [0.15, 0.2) is 23.1 Å². The molecule has 3 aliphatic heterocycles. The van der Waals surface area contributed by atoms with Crippen molar-refractivity contribution in [2.24, 2.45) is 0 Å². The molecule has 0 spiro atoms. The fourth-order valence-electron chi connectivity index (χ4n) is 4.81. The van der Waals surface area contributed by atoms with Crippen LogP contribution in [0.4, 0.5) is 0 Å². The molecule has 2 saturated heterocycles. The van der Waals surface area contributed by atoms with E-state index >= 15 is 0 Å². The third-order valence-electron chi connectivity index (χ3n) is 6.63. The summed E-state index contributed by atoms with van der Waals surface area (Å²) in [5.74, 6) is 1.10. The summed E-state index contributed by atoms with van der Waals surface area (Å²) in [6.07, 6.45) is 8.44. The van der Waals surface area contributed by atoms with Gasteiger partial charge in [-0.1, -0.05) is 18.9 Å². The van der Waals surface area contributed by atoms with Gasteiger partial charge in [0, 0.05) is 42.7 Å². The predicted octanol–water partition coefficient (Wildman–Crippen LogP) is 3.17. The summed E-state index contributed by atoms with van der Waals surface area (Å²) >= 11 is 1.68. The Bertz CT molecular complexity index is 683. The van der Waals surface area contributed by atoms with Gasteiger partial charge in [0.15, 0.2) is 0 Å². The molecule has 29 heavy (non-hydrogen) atoms. The van der Waals surface area contributed by atoms with E-state index in [1.165, 1.54) is 62.3 Å². The van der Waals surface area contributed by atoms with Crippen LogP contribution in [0, 0.1) is 0 Å². The minimum Gasteiger partial charge on any atom is -0.496 e. The zero-order chi connectivity index (χ0) is 20.1. The van der Waals surface area contributed by atoms with Crippen LogP contribution in [-0.4, -0.2) is 73.4 Å². The first kappa shape index (κ1) is 21.0. The number of hydrogen-bond donors (Lipinski definition) is 1. The van der Waals surface area contributed by atoms with Crippen molar-refractivity contribution in [3.63, 3.8) is 0 Å². The maximum atomic E-state index is 12.8. The number of piperidine rings is 1. The largest absolute Gasteiger partial charge is 0.496 e. The molecule has 0 saturated carbocycles. The molecule has 6 heteroatoms. The van der Waals surface area contributed by atoms with Crippen LogP contribution >= 0.6 is 11.8 Å². The number of thioether (sulfide) groups is 1. The smallest absolute Gasteiger partial charge is 0.234 e. The highest BCUT2D eigenvalue weighted by atomic mass is 32.2. The molecule has 1 amide bonds. The van der Waals surface area contributed by atoms with Crippen molar-refractivity contribution in [1.29, 1.82) is 0 Å². The molecule has 0 aromatic heterocycles. The van der Waals surface area contributed by atoms with Gasteiger partial charge in [0.1, 0.15) is 5.75 Å². The summed E-state index contributed by atoms with van der Waals surface area (Å²) in [7, 11) is 1.70. The van der Waals surface area contributed by atoms with Crippen molar-refractivity contribution < 1.29 is 9.53 Å². The first-order valence-electron chi connectivity index (χ1n) is 11.3. The van der Waals surface area contributed by atoms with Crippen LogP contribution < -0.4 is 10.1 Å². The number of rotatable bonds is 6. The van der Waals surface area contributed by atoms with Crippen molar-refractivity contribution in [3.05, 3.63) is 23.8 Å². The van der Waals surface area contributed by atoms with Gasteiger partial charge in [-0.2, -0.15) is 0 Å². The Morgan fingerprint density at radius 1 is 1.07 bits per heavy atom. The molecule has 3 aliphatic rings. The van der Waals surface area contributed by atoms with Gasteiger partial charge in [-0.3, -0.25) is 4.79 Å². The Morgan fingerprint density at radius 2 is 1.76 bits per heavy atom. The summed E-state index contributed by atoms with van der Waals surface area (Å²) < 4.78 is 5.47. The zero-order valence-corrected chi connectivity index (χ0v) is 18.5. The molecule has 1 atom stereocenters. The Hall–Kier alpha value is -1.24. The van der Waals surface area contributed by atoms with Crippen molar-refractivity contribution in [2.45, 2.75) is 61.1 Å². The fourth-order valence-corrected chi connectivity index (χ4v) is 6.03. The van der Waals surface area contributed by atoms with E-state index in [4.69, 9.17) is 4.74 Å². The van der Waals surface area contributed by atoms with E-state index in [9.17, 15) is 4.79 Å². The molecule has 5 nitrogen and oxygen atoms in total. The molecule has 0 aliphatic carbocycles. The van der Waals surface area contributed by atoms with E-state index < -0.39 is 0 Å². The lowest BCUT2D eigenvalue weighted by Gasteiger charge is -2.34. The topological polar surface area (TPSA) is 44.8 Å². The van der Waals surface area contributed by atoms with E-state index in [0.29, 0.717) is 6.04 Å². The Balaban J connectivity index is 1.18. The SMILES string of the molecule is COc1cccc2c1CC(C(=O)NC1CCN(CCN3CCCCCC3)CC1)S2. The fraction of sp³-hybridized carbons (Fsp3) is 0.696. The lowest BCUT2D eigenvalue weighted by Crippen LogP contribution is -2.48. The molecule has 0 radical (unpaired) electrons. The van der Waals surface area contributed by atoms with E-state index in [2.05, 4.69) is 21.2 Å². The molecular weight excluding hydrogens is 382 g/mol. The maximum Gasteiger partial charge on any atom is 0.234 e. The zero-order valence-electron chi connectivity index (χ0n) is 17.7. The number of nitrogens with one attached hydrogen (secondary N) is 1. The van der Waals surface area contributed by atoms with Crippen molar-refractivity contribution >= 4 is 17.7 Å². The standard InChI is InChI=1S/C23H35N3O2S/c1-28-20-7-6-8-21-19(20)17-22(29-21)23(27)24-18-9-13-26(14-10-18)16-15-25-11-4-2-3-5-12-25/h6-8,18,22H,2-5,9-17H2,1H3,(H,24,27). The second-order valence-corrected chi connectivity index (χ2v) is 9.87. The van der Waals surface area contributed by atoms with Gasteiger partial charge in [0.05, 0.1) is 12.4 Å². The molecule has 0 bridgehead atoms. The van der Waals surface area contributed by atoms with Gasteiger partial charge in [0.2, 0.25) is 5.91 Å². The van der Waals surface area contributed by atoms with Crippen LogP contribution in [0.25, 0.3) is 0 Å². The molecule has 4 rings (SSSR count). The third-order valence-corrected chi connectivity index (χ3v) is 7.93. The Labute approximate surface area is 179 Å². The number of ether oxygens (including phenoxy) is 1. The first-order chi connectivity index (χ1) is 14.2. The van der Waals surface area contributed by atoms with Crippen LogP contribution in [0.5, 0.6) is 5.75 Å². The predicted molar refractivity (Wildman–Crippen MR) is 119 cm³/mol. The monoisotopic (exact) mass is 417 g/mol. The van der Waals surface area contributed by atoms with Gasteiger partial charge in [-0.25, -0.2) is 0 Å². The van der Waals surface area contributed by atoms with Crippen molar-refractivity contribution in [1.82, 2.24) is 15.1 Å². The number of carbonyl (C=O) groups is 1. The van der Waals surface area contributed by atoms with Gasteiger partial charge in [0.25, 0.3) is 0 Å². The molecule has 2 fully saturated rings. The molecule has 3 heterocycles. The summed E-state index contributed by atoms with van der Waals surface area (Å²) in [5.41, 5.74) is 1.18. The molecule has 160 valence electrons. The highest BCUT2D eigenvalue weighted by Gasteiger charge is 2.32.